The van der Waals surface area contributed by atoms with Gasteiger partial charge in [-0.3, -0.25) is 4.79 Å². The number of carbonyl (C=O) groups excluding carboxylic acids is 1. The predicted octanol–water partition coefficient (Wildman–Crippen LogP) is 5.33. The minimum atomic E-state index is -0.649. The summed E-state index contributed by atoms with van der Waals surface area (Å²) in [6.45, 7) is 0.309. The lowest BCUT2D eigenvalue weighted by Gasteiger charge is -2.08. The van der Waals surface area contributed by atoms with Crippen LogP contribution in [0.1, 0.15) is 21.6 Å². The van der Waals surface area contributed by atoms with Gasteiger partial charge >= 0.3 is 0 Å². The molecule has 9 heteroatoms. The van der Waals surface area contributed by atoms with Crippen LogP contribution in [0.15, 0.2) is 66.0 Å². The van der Waals surface area contributed by atoms with Crippen LogP contribution in [0.3, 0.4) is 0 Å². The maximum absolute atomic E-state index is 13.7. The quantitative estimate of drug-likeness (QED) is 0.387. The van der Waals surface area contributed by atoms with E-state index >= 15 is 0 Å². The summed E-state index contributed by atoms with van der Waals surface area (Å²) >= 11 is 1.34. The Hall–Kier alpha value is -3.98. The van der Waals surface area contributed by atoms with Gasteiger partial charge in [-0.05, 0) is 54.1 Å². The van der Waals surface area contributed by atoms with E-state index in [1.54, 1.807) is 29.6 Å². The van der Waals surface area contributed by atoms with Crippen molar-refractivity contribution in [1.29, 1.82) is 0 Å². The third kappa shape index (κ3) is 4.69. The number of halogens is 2. The van der Waals surface area contributed by atoms with Gasteiger partial charge in [-0.25, -0.2) is 13.8 Å². The van der Waals surface area contributed by atoms with E-state index in [0.717, 1.165) is 11.1 Å². The van der Waals surface area contributed by atoms with Crippen LogP contribution in [-0.4, -0.2) is 17.7 Å². The van der Waals surface area contributed by atoms with Gasteiger partial charge in [0.1, 0.15) is 34.7 Å². The molecule has 0 spiro atoms. The van der Waals surface area contributed by atoms with E-state index < -0.39 is 11.6 Å². The Bertz CT molecular complexity index is 1320. The lowest BCUT2D eigenvalue weighted by molar-refractivity contribution is 0.0946. The smallest absolute Gasteiger partial charge is 0.271 e. The Morgan fingerprint density at radius 3 is 2.59 bits per heavy atom. The SMILES string of the molecule is O=C(NCc1ccc2c(c1)OCO2)c1csc(-c2ccc(OCc3c(F)cccc3F)cc2)n1. The molecule has 0 fully saturated rings. The molecule has 3 aromatic carbocycles. The largest absolute Gasteiger partial charge is 0.489 e. The van der Waals surface area contributed by atoms with Gasteiger partial charge in [0, 0.05) is 17.5 Å². The first kappa shape index (κ1) is 21.8. The molecule has 0 radical (unpaired) electrons. The van der Waals surface area contributed by atoms with Crippen LogP contribution in [-0.2, 0) is 13.2 Å². The van der Waals surface area contributed by atoms with Crippen LogP contribution >= 0.6 is 11.3 Å². The van der Waals surface area contributed by atoms with Crippen molar-refractivity contribution >= 4 is 17.2 Å². The van der Waals surface area contributed by atoms with Crippen molar-refractivity contribution in [2.24, 2.45) is 0 Å². The second-order valence-corrected chi connectivity index (χ2v) is 8.28. The molecule has 0 bridgehead atoms. The van der Waals surface area contributed by atoms with E-state index in [-0.39, 0.29) is 24.9 Å². The zero-order valence-corrected chi connectivity index (χ0v) is 18.5. The number of carbonyl (C=O) groups is 1. The number of ether oxygens (including phenoxy) is 3. The second kappa shape index (κ2) is 9.48. The van der Waals surface area contributed by atoms with E-state index in [2.05, 4.69) is 10.3 Å². The molecule has 1 amide bonds. The lowest BCUT2D eigenvalue weighted by Crippen LogP contribution is -2.23. The molecule has 172 valence electrons. The molecular formula is C25H18F2N2O4S. The highest BCUT2D eigenvalue weighted by Crippen LogP contribution is 2.32. The van der Waals surface area contributed by atoms with Gasteiger partial charge in [-0.15, -0.1) is 11.3 Å². The first-order chi connectivity index (χ1) is 16.6. The summed E-state index contributed by atoms with van der Waals surface area (Å²) in [5, 5.41) is 5.21. The molecule has 5 rings (SSSR count). The number of rotatable bonds is 7. The maximum Gasteiger partial charge on any atom is 0.271 e. The molecule has 1 aromatic heterocycles. The lowest BCUT2D eigenvalue weighted by atomic mass is 10.2. The van der Waals surface area contributed by atoms with Crippen molar-refractivity contribution in [3.63, 3.8) is 0 Å². The minimum absolute atomic E-state index is 0.122. The van der Waals surface area contributed by atoms with Crippen LogP contribution in [0.5, 0.6) is 17.2 Å². The number of benzene rings is 3. The molecule has 0 saturated carbocycles. The van der Waals surface area contributed by atoms with Crippen molar-refractivity contribution in [2.75, 3.05) is 6.79 Å². The molecule has 6 nitrogen and oxygen atoms in total. The summed E-state index contributed by atoms with van der Waals surface area (Å²) in [5.74, 6) is 0.230. The standard InChI is InChI=1S/C25H18F2N2O4S/c26-19-2-1-3-20(27)18(19)12-31-17-7-5-16(6-8-17)25-29-21(13-34-25)24(30)28-11-15-4-9-22-23(10-15)33-14-32-22/h1-10,13H,11-12,14H2,(H,28,30). The van der Waals surface area contributed by atoms with Gasteiger partial charge in [0.15, 0.2) is 11.5 Å². The van der Waals surface area contributed by atoms with Crippen molar-refractivity contribution in [3.05, 3.63) is 94.5 Å². The van der Waals surface area contributed by atoms with Crippen LogP contribution in [0.25, 0.3) is 10.6 Å². The fourth-order valence-corrected chi connectivity index (χ4v) is 4.16. The molecule has 1 aliphatic heterocycles. The molecular weight excluding hydrogens is 462 g/mol. The number of thiazole rings is 1. The fraction of sp³-hybridized carbons (Fsp3) is 0.120. The molecule has 0 saturated heterocycles. The van der Waals surface area contributed by atoms with Crippen LogP contribution in [0, 0.1) is 11.6 Å². The molecule has 2 heterocycles. The number of fused-ring (bicyclic) bond motifs is 1. The van der Waals surface area contributed by atoms with E-state index in [4.69, 9.17) is 14.2 Å². The third-order valence-corrected chi connectivity index (χ3v) is 6.06. The summed E-state index contributed by atoms with van der Waals surface area (Å²) in [7, 11) is 0. The molecule has 4 aromatic rings. The van der Waals surface area contributed by atoms with Crippen molar-refractivity contribution < 1.29 is 27.8 Å². The number of hydrogen-bond acceptors (Lipinski definition) is 6. The van der Waals surface area contributed by atoms with E-state index in [9.17, 15) is 13.6 Å². The normalized spacial score (nSPS) is 11.9. The van der Waals surface area contributed by atoms with Gasteiger partial charge in [0.2, 0.25) is 6.79 Å². The van der Waals surface area contributed by atoms with Gasteiger partial charge < -0.3 is 19.5 Å². The topological polar surface area (TPSA) is 69.7 Å². The zero-order valence-electron chi connectivity index (χ0n) is 17.7. The van der Waals surface area contributed by atoms with Crippen LogP contribution in [0.4, 0.5) is 8.78 Å². The van der Waals surface area contributed by atoms with Crippen molar-refractivity contribution in [1.82, 2.24) is 10.3 Å². The summed E-state index contributed by atoms with van der Waals surface area (Å²) < 4.78 is 43.6. The Morgan fingerprint density at radius 2 is 1.79 bits per heavy atom. The van der Waals surface area contributed by atoms with Gasteiger partial charge in [-0.1, -0.05) is 12.1 Å². The van der Waals surface area contributed by atoms with E-state index in [1.165, 1.54) is 29.5 Å². The summed E-state index contributed by atoms with van der Waals surface area (Å²) in [4.78, 5) is 16.9. The monoisotopic (exact) mass is 480 g/mol. The first-order valence-corrected chi connectivity index (χ1v) is 11.2. The van der Waals surface area contributed by atoms with Crippen molar-refractivity contribution in [2.45, 2.75) is 13.2 Å². The number of aromatic nitrogens is 1. The van der Waals surface area contributed by atoms with Crippen molar-refractivity contribution in [3.8, 4) is 27.8 Å². The Kier molecular flexibility index (Phi) is 6.09. The summed E-state index contributed by atoms with van der Waals surface area (Å²) in [5.41, 5.74) is 1.88. The predicted molar refractivity (Wildman–Crippen MR) is 122 cm³/mol. The van der Waals surface area contributed by atoms with Crippen LogP contribution in [0.2, 0.25) is 0 Å². The average Bonchev–Trinajstić information content (AvgIpc) is 3.52. The molecule has 0 atom stereocenters. The maximum atomic E-state index is 13.7. The Balaban J connectivity index is 1.19. The molecule has 1 N–H and O–H groups in total. The minimum Gasteiger partial charge on any atom is -0.489 e. The first-order valence-electron chi connectivity index (χ1n) is 10.4. The number of nitrogens with one attached hydrogen (secondary N) is 1. The van der Waals surface area contributed by atoms with E-state index in [0.29, 0.717) is 34.5 Å². The molecule has 0 unspecified atom stereocenters. The van der Waals surface area contributed by atoms with Gasteiger partial charge in [0.05, 0.1) is 5.56 Å². The number of nitrogens with zero attached hydrogens (tertiary/aromatic N) is 1. The number of amides is 1. The number of hydrogen-bond donors (Lipinski definition) is 1. The van der Waals surface area contributed by atoms with Gasteiger partial charge in [0.25, 0.3) is 5.91 Å². The third-order valence-electron chi connectivity index (χ3n) is 5.17. The fourth-order valence-electron chi connectivity index (χ4n) is 3.35. The highest BCUT2D eigenvalue weighted by molar-refractivity contribution is 7.13. The van der Waals surface area contributed by atoms with Crippen LogP contribution < -0.4 is 19.5 Å². The molecule has 0 aliphatic carbocycles. The summed E-state index contributed by atoms with van der Waals surface area (Å²) in [6.07, 6.45) is 0. The highest BCUT2D eigenvalue weighted by Gasteiger charge is 2.15. The van der Waals surface area contributed by atoms with Gasteiger partial charge in [-0.2, -0.15) is 0 Å². The van der Waals surface area contributed by atoms with E-state index in [1.807, 2.05) is 18.2 Å². The highest BCUT2D eigenvalue weighted by atomic mass is 32.1. The Labute approximate surface area is 197 Å². The average molecular weight is 480 g/mol. The summed E-state index contributed by atoms with van der Waals surface area (Å²) in [6, 6.07) is 16.1. The second-order valence-electron chi connectivity index (χ2n) is 7.42. The zero-order chi connectivity index (χ0) is 23.5. The Morgan fingerprint density at radius 1 is 1.03 bits per heavy atom. The molecule has 34 heavy (non-hydrogen) atoms. The molecule has 1 aliphatic rings.